The third kappa shape index (κ3) is 10.5. The van der Waals surface area contributed by atoms with Crippen LogP contribution in [0.4, 0.5) is 27.5 Å². The first-order valence-corrected chi connectivity index (χ1v) is 9.59. The molecule has 0 saturated heterocycles. The number of aromatic nitrogens is 2. The molecular formula is C21H37FN6. The molecule has 2 rings (SSSR count). The van der Waals surface area contributed by atoms with Crippen LogP contribution in [0.25, 0.3) is 0 Å². The Bertz CT molecular complexity index is 636. The van der Waals surface area contributed by atoms with E-state index in [9.17, 15) is 4.39 Å². The highest BCUT2D eigenvalue weighted by atomic mass is 19.1. The minimum atomic E-state index is 0.500. The van der Waals surface area contributed by atoms with Crippen molar-refractivity contribution in [3.63, 3.8) is 0 Å². The van der Waals surface area contributed by atoms with Crippen LogP contribution in [0.15, 0.2) is 36.5 Å². The van der Waals surface area contributed by atoms with Gasteiger partial charge in [-0.25, -0.2) is 4.98 Å². The van der Waals surface area contributed by atoms with Gasteiger partial charge < -0.3 is 21.7 Å². The van der Waals surface area contributed by atoms with E-state index >= 15 is 0 Å². The summed E-state index contributed by atoms with van der Waals surface area (Å²) < 4.78 is 9.50. The van der Waals surface area contributed by atoms with Gasteiger partial charge in [-0.3, -0.25) is 4.39 Å². The van der Waals surface area contributed by atoms with Gasteiger partial charge in [0.15, 0.2) is 5.82 Å². The van der Waals surface area contributed by atoms with Crippen molar-refractivity contribution in [2.75, 3.05) is 49.0 Å². The van der Waals surface area contributed by atoms with Crippen molar-refractivity contribution in [2.24, 2.45) is 11.8 Å². The number of hydrogen-bond acceptors (Lipinski definition) is 6. The third-order valence-electron chi connectivity index (χ3n) is 3.90. The van der Waals surface area contributed by atoms with Crippen LogP contribution in [0.2, 0.25) is 0 Å². The lowest BCUT2D eigenvalue weighted by Crippen LogP contribution is -2.25. The smallest absolute Gasteiger partial charge is 0.224 e. The zero-order chi connectivity index (χ0) is 21.5. The number of anilines is 4. The van der Waals surface area contributed by atoms with Gasteiger partial charge in [-0.2, -0.15) is 4.98 Å². The molecule has 1 unspecified atom stereocenters. The van der Waals surface area contributed by atoms with E-state index in [0.717, 1.165) is 31.0 Å². The van der Waals surface area contributed by atoms with Gasteiger partial charge in [0.2, 0.25) is 5.95 Å². The lowest BCUT2D eigenvalue weighted by molar-refractivity contribution is 0.591. The number of benzene rings is 1. The number of nitrogen functional groups attached to an aromatic ring is 2. The van der Waals surface area contributed by atoms with E-state index in [1.807, 2.05) is 37.4 Å². The van der Waals surface area contributed by atoms with Gasteiger partial charge in [0, 0.05) is 25.8 Å². The first kappa shape index (κ1) is 25.4. The van der Waals surface area contributed by atoms with Crippen LogP contribution >= 0.6 is 0 Å². The molecule has 2 aromatic rings. The van der Waals surface area contributed by atoms with Gasteiger partial charge >= 0.3 is 0 Å². The fourth-order valence-corrected chi connectivity index (χ4v) is 2.27. The molecule has 0 saturated carbocycles. The van der Waals surface area contributed by atoms with E-state index in [0.29, 0.717) is 30.6 Å². The summed E-state index contributed by atoms with van der Waals surface area (Å²) in [6, 6.07) is 9.49. The minimum absolute atomic E-state index is 0.500. The molecule has 1 atom stereocenters. The average Bonchev–Trinajstić information content (AvgIpc) is 2.69. The van der Waals surface area contributed by atoms with E-state index in [4.69, 9.17) is 11.5 Å². The fourth-order valence-electron chi connectivity index (χ4n) is 2.27. The molecule has 0 aliphatic rings. The van der Waals surface area contributed by atoms with E-state index in [1.54, 1.807) is 6.20 Å². The number of nitrogens with zero attached hydrogens (tertiary/aromatic N) is 3. The quantitative estimate of drug-likeness (QED) is 0.602. The van der Waals surface area contributed by atoms with Crippen molar-refractivity contribution in [2.45, 2.75) is 34.1 Å². The minimum Gasteiger partial charge on any atom is -0.399 e. The van der Waals surface area contributed by atoms with Crippen LogP contribution in [-0.2, 0) is 0 Å². The second-order valence-electron chi connectivity index (χ2n) is 7.05. The number of para-hydroxylation sites is 1. The van der Waals surface area contributed by atoms with Crippen molar-refractivity contribution >= 4 is 23.1 Å². The molecule has 0 aliphatic carbocycles. The SMILES string of the molecule is CCC(C)CNc1ncc(N)c(N(C)CC(C)C)n1.CF.Nc1ccccc1. The molecule has 7 heteroatoms. The standard InChI is InChI=1S/C14H27N5.C6H7N.CH3F/c1-6-11(4)7-16-14-17-8-12(15)13(18-14)19(5)9-10(2)3;7-6-4-2-1-3-5-6;1-2/h8,10-11H,6-7,9,15H2,1-5H3,(H,16,17,18);1-5H,7H2;1H3. The Morgan fingerprint density at radius 1 is 1.11 bits per heavy atom. The topological polar surface area (TPSA) is 93.1 Å². The van der Waals surface area contributed by atoms with Crippen molar-refractivity contribution in [1.82, 2.24) is 9.97 Å². The number of hydrogen-bond donors (Lipinski definition) is 3. The lowest BCUT2D eigenvalue weighted by Gasteiger charge is -2.22. The molecule has 0 radical (unpaired) electrons. The van der Waals surface area contributed by atoms with Gasteiger partial charge in [-0.15, -0.1) is 0 Å². The number of halogens is 1. The van der Waals surface area contributed by atoms with Crippen molar-refractivity contribution < 1.29 is 4.39 Å². The maximum Gasteiger partial charge on any atom is 0.224 e. The van der Waals surface area contributed by atoms with Gasteiger partial charge in [0.1, 0.15) is 0 Å². The van der Waals surface area contributed by atoms with Crippen LogP contribution in [0.5, 0.6) is 0 Å². The van der Waals surface area contributed by atoms with Crippen LogP contribution in [0, 0.1) is 11.8 Å². The van der Waals surface area contributed by atoms with E-state index in [2.05, 4.69) is 47.9 Å². The molecule has 6 nitrogen and oxygen atoms in total. The summed E-state index contributed by atoms with van der Waals surface area (Å²) in [4.78, 5) is 10.8. The summed E-state index contributed by atoms with van der Waals surface area (Å²) >= 11 is 0. The van der Waals surface area contributed by atoms with Gasteiger partial charge in [0.25, 0.3) is 0 Å². The molecule has 158 valence electrons. The summed E-state index contributed by atoms with van der Waals surface area (Å²) in [5.74, 6) is 2.63. The number of nitrogens with two attached hydrogens (primary N) is 2. The normalized spacial score (nSPS) is 10.9. The van der Waals surface area contributed by atoms with E-state index < -0.39 is 0 Å². The van der Waals surface area contributed by atoms with Crippen molar-refractivity contribution in [3.8, 4) is 0 Å². The Hall–Kier alpha value is -2.57. The molecule has 1 aromatic carbocycles. The maximum atomic E-state index is 9.50. The Balaban J connectivity index is 0.000000670. The summed E-state index contributed by atoms with van der Waals surface area (Å²) in [6.07, 6.45) is 2.82. The number of rotatable bonds is 7. The lowest BCUT2D eigenvalue weighted by atomic mass is 10.1. The Kier molecular flexibility index (Phi) is 13.2. The molecule has 0 spiro atoms. The van der Waals surface area contributed by atoms with E-state index in [1.165, 1.54) is 0 Å². The van der Waals surface area contributed by atoms with E-state index in [-0.39, 0.29) is 0 Å². The Labute approximate surface area is 169 Å². The van der Waals surface area contributed by atoms with Crippen molar-refractivity contribution in [3.05, 3.63) is 36.5 Å². The van der Waals surface area contributed by atoms with Crippen LogP contribution < -0.4 is 21.7 Å². The maximum absolute atomic E-state index is 9.50. The fraction of sp³-hybridized carbons (Fsp3) is 0.524. The second kappa shape index (κ2) is 14.5. The third-order valence-corrected chi connectivity index (χ3v) is 3.90. The molecule has 0 fully saturated rings. The molecule has 0 bridgehead atoms. The number of alkyl halides is 1. The highest BCUT2D eigenvalue weighted by Gasteiger charge is 2.11. The molecule has 0 amide bonds. The summed E-state index contributed by atoms with van der Waals surface area (Å²) in [5, 5.41) is 3.27. The molecule has 28 heavy (non-hydrogen) atoms. The predicted octanol–water partition coefficient (Wildman–Crippen LogP) is 4.46. The molecular weight excluding hydrogens is 355 g/mol. The van der Waals surface area contributed by atoms with Crippen molar-refractivity contribution in [1.29, 1.82) is 0 Å². The monoisotopic (exact) mass is 392 g/mol. The highest BCUT2D eigenvalue weighted by molar-refractivity contribution is 5.62. The number of nitrogens with one attached hydrogen (secondary N) is 1. The molecule has 5 N–H and O–H groups in total. The zero-order valence-electron chi connectivity index (χ0n) is 18.1. The first-order chi connectivity index (χ1) is 13.3. The van der Waals surface area contributed by atoms with Crippen LogP contribution in [0.1, 0.15) is 34.1 Å². The highest BCUT2D eigenvalue weighted by Crippen LogP contribution is 2.20. The van der Waals surface area contributed by atoms with Crippen LogP contribution in [-0.4, -0.2) is 37.3 Å². The summed E-state index contributed by atoms with van der Waals surface area (Å²) in [7, 11) is 2.51. The Morgan fingerprint density at radius 3 is 2.18 bits per heavy atom. The molecule has 1 aromatic heterocycles. The largest absolute Gasteiger partial charge is 0.399 e. The molecule has 0 aliphatic heterocycles. The zero-order valence-corrected chi connectivity index (χ0v) is 18.1. The predicted molar refractivity (Wildman–Crippen MR) is 120 cm³/mol. The first-order valence-electron chi connectivity index (χ1n) is 9.59. The van der Waals surface area contributed by atoms with Gasteiger partial charge in [0.05, 0.1) is 19.1 Å². The van der Waals surface area contributed by atoms with Gasteiger partial charge in [-0.1, -0.05) is 52.3 Å². The Morgan fingerprint density at radius 2 is 1.71 bits per heavy atom. The second-order valence-corrected chi connectivity index (χ2v) is 7.05. The summed E-state index contributed by atoms with van der Waals surface area (Å²) in [5.41, 5.74) is 12.8. The summed E-state index contributed by atoms with van der Waals surface area (Å²) in [6.45, 7) is 10.5. The van der Waals surface area contributed by atoms with Gasteiger partial charge in [-0.05, 0) is 24.0 Å². The van der Waals surface area contributed by atoms with Crippen LogP contribution in [0.3, 0.4) is 0 Å². The average molecular weight is 393 g/mol. The molecule has 1 heterocycles.